The Hall–Kier alpha value is -0.530. The van der Waals surface area contributed by atoms with Crippen LogP contribution in [-0.4, -0.2) is 23.4 Å². The van der Waals surface area contributed by atoms with Crippen molar-refractivity contribution >= 4 is 5.91 Å². The van der Waals surface area contributed by atoms with Gasteiger partial charge in [0.15, 0.2) is 0 Å². The van der Waals surface area contributed by atoms with Crippen LogP contribution in [0, 0.1) is 11.8 Å². The summed E-state index contributed by atoms with van der Waals surface area (Å²) >= 11 is 0. The smallest absolute Gasteiger partial charge is 0.225 e. The fourth-order valence-electron chi connectivity index (χ4n) is 2.78. The van der Waals surface area contributed by atoms with Gasteiger partial charge in [-0.3, -0.25) is 4.79 Å². The number of carbonyl (C=O) groups is 1. The molecule has 0 atom stereocenters. The van der Waals surface area contributed by atoms with Gasteiger partial charge in [-0.1, -0.05) is 33.1 Å². The molecular formula is C14H25NO. The first-order valence-electron chi connectivity index (χ1n) is 6.99. The summed E-state index contributed by atoms with van der Waals surface area (Å²) in [7, 11) is 0. The van der Waals surface area contributed by atoms with Gasteiger partial charge in [-0.25, -0.2) is 0 Å². The fraction of sp³-hybridized carbons (Fsp3) is 0.929. The molecule has 0 spiro atoms. The van der Waals surface area contributed by atoms with E-state index in [1.165, 1.54) is 32.1 Å². The van der Waals surface area contributed by atoms with E-state index in [2.05, 4.69) is 18.7 Å². The maximum Gasteiger partial charge on any atom is 0.225 e. The molecule has 0 aromatic carbocycles. The van der Waals surface area contributed by atoms with Crippen molar-refractivity contribution in [2.45, 2.75) is 64.8 Å². The van der Waals surface area contributed by atoms with Crippen LogP contribution in [0.4, 0.5) is 0 Å². The van der Waals surface area contributed by atoms with Crippen LogP contribution in [0.5, 0.6) is 0 Å². The second-order valence-electron chi connectivity index (χ2n) is 5.95. The zero-order valence-corrected chi connectivity index (χ0v) is 10.7. The summed E-state index contributed by atoms with van der Waals surface area (Å²) in [6.07, 6.45) is 8.61. The Morgan fingerprint density at radius 1 is 1.12 bits per heavy atom. The molecule has 2 fully saturated rings. The molecule has 0 saturated heterocycles. The molecule has 2 rings (SSSR count). The first kappa shape index (κ1) is 11.9. The lowest BCUT2D eigenvalue weighted by molar-refractivity contribution is -0.137. The summed E-state index contributed by atoms with van der Waals surface area (Å²) in [5, 5.41) is 0. The van der Waals surface area contributed by atoms with E-state index < -0.39 is 0 Å². The highest BCUT2D eigenvalue weighted by atomic mass is 16.2. The van der Waals surface area contributed by atoms with Crippen LogP contribution in [-0.2, 0) is 4.79 Å². The van der Waals surface area contributed by atoms with Gasteiger partial charge in [0.1, 0.15) is 0 Å². The van der Waals surface area contributed by atoms with Gasteiger partial charge in [0.05, 0.1) is 0 Å². The second-order valence-corrected chi connectivity index (χ2v) is 5.95. The molecule has 0 bridgehead atoms. The van der Waals surface area contributed by atoms with E-state index >= 15 is 0 Å². The predicted octanol–water partition coefficient (Wildman–Crippen LogP) is 3.21. The highest BCUT2D eigenvalue weighted by molar-refractivity contribution is 5.79. The van der Waals surface area contributed by atoms with Gasteiger partial charge in [0, 0.05) is 18.5 Å². The van der Waals surface area contributed by atoms with Gasteiger partial charge in [0.2, 0.25) is 5.91 Å². The minimum Gasteiger partial charge on any atom is -0.339 e. The number of rotatable bonds is 4. The molecule has 2 aliphatic carbocycles. The summed E-state index contributed by atoms with van der Waals surface area (Å²) in [5.41, 5.74) is 0. The molecule has 1 amide bonds. The maximum absolute atomic E-state index is 12.4. The first-order valence-corrected chi connectivity index (χ1v) is 6.99. The molecule has 2 heteroatoms. The second kappa shape index (κ2) is 5.20. The third-order valence-corrected chi connectivity index (χ3v) is 3.79. The van der Waals surface area contributed by atoms with E-state index in [1.807, 2.05) is 0 Å². The number of hydrogen-bond donors (Lipinski definition) is 0. The molecule has 0 radical (unpaired) electrons. The number of carbonyl (C=O) groups excluding carboxylic acids is 1. The Morgan fingerprint density at radius 2 is 1.75 bits per heavy atom. The molecule has 16 heavy (non-hydrogen) atoms. The van der Waals surface area contributed by atoms with Crippen LogP contribution in [0.1, 0.15) is 58.8 Å². The van der Waals surface area contributed by atoms with Crippen molar-refractivity contribution in [3.63, 3.8) is 0 Å². The topological polar surface area (TPSA) is 20.3 Å². The quantitative estimate of drug-likeness (QED) is 0.716. The average molecular weight is 223 g/mol. The highest BCUT2D eigenvalue weighted by Crippen LogP contribution is 2.32. The molecule has 0 heterocycles. The molecule has 0 aromatic rings. The Balaban J connectivity index is 1.92. The third-order valence-electron chi connectivity index (χ3n) is 3.79. The van der Waals surface area contributed by atoms with E-state index in [1.54, 1.807) is 0 Å². The summed E-state index contributed by atoms with van der Waals surface area (Å²) in [5.74, 6) is 1.43. The summed E-state index contributed by atoms with van der Waals surface area (Å²) < 4.78 is 0. The zero-order chi connectivity index (χ0) is 11.5. The standard InChI is InChI=1S/C14H25NO/c1-11(2)10-15(13-8-9-13)14(16)12-6-4-3-5-7-12/h11-13H,3-10H2,1-2H3. The Labute approximate surface area is 99.4 Å². The summed E-state index contributed by atoms with van der Waals surface area (Å²) in [4.78, 5) is 14.6. The SMILES string of the molecule is CC(C)CN(C(=O)C1CCCCC1)C1CC1. The van der Waals surface area contributed by atoms with Crippen LogP contribution < -0.4 is 0 Å². The van der Waals surface area contributed by atoms with Crippen LogP contribution in [0.2, 0.25) is 0 Å². The highest BCUT2D eigenvalue weighted by Gasteiger charge is 2.36. The molecular weight excluding hydrogens is 198 g/mol. The van der Waals surface area contributed by atoms with Crippen molar-refractivity contribution in [3.8, 4) is 0 Å². The zero-order valence-electron chi connectivity index (χ0n) is 10.7. The minimum absolute atomic E-state index is 0.355. The van der Waals surface area contributed by atoms with Gasteiger partial charge in [-0.15, -0.1) is 0 Å². The molecule has 2 nitrogen and oxygen atoms in total. The molecule has 0 aliphatic heterocycles. The lowest BCUT2D eigenvalue weighted by atomic mass is 9.88. The van der Waals surface area contributed by atoms with Crippen LogP contribution in [0.3, 0.4) is 0 Å². The monoisotopic (exact) mass is 223 g/mol. The van der Waals surface area contributed by atoms with E-state index in [0.29, 0.717) is 23.8 Å². The maximum atomic E-state index is 12.4. The van der Waals surface area contributed by atoms with E-state index in [9.17, 15) is 4.79 Å². The molecule has 0 N–H and O–H groups in total. The number of amides is 1. The molecule has 0 unspecified atom stereocenters. The minimum atomic E-state index is 0.355. The number of nitrogens with zero attached hydrogens (tertiary/aromatic N) is 1. The summed E-state index contributed by atoms with van der Waals surface area (Å²) in [6.45, 7) is 5.40. The van der Waals surface area contributed by atoms with Gasteiger partial charge >= 0.3 is 0 Å². The largest absolute Gasteiger partial charge is 0.339 e. The van der Waals surface area contributed by atoms with Crippen LogP contribution >= 0.6 is 0 Å². The van der Waals surface area contributed by atoms with Crippen molar-refractivity contribution in [1.29, 1.82) is 0 Å². The Kier molecular flexibility index (Phi) is 3.88. The van der Waals surface area contributed by atoms with E-state index in [-0.39, 0.29) is 0 Å². The van der Waals surface area contributed by atoms with E-state index in [4.69, 9.17) is 0 Å². The Morgan fingerprint density at radius 3 is 2.25 bits per heavy atom. The van der Waals surface area contributed by atoms with Gasteiger partial charge in [-0.05, 0) is 31.6 Å². The van der Waals surface area contributed by atoms with Gasteiger partial charge in [-0.2, -0.15) is 0 Å². The fourth-order valence-corrected chi connectivity index (χ4v) is 2.78. The molecule has 92 valence electrons. The average Bonchev–Trinajstić information content (AvgIpc) is 3.10. The van der Waals surface area contributed by atoms with Crippen molar-refractivity contribution < 1.29 is 4.79 Å². The third kappa shape index (κ3) is 2.99. The molecule has 0 aromatic heterocycles. The van der Waals surface area contributed by atoms with Crippen molar-refractivity contribution in [2.75, 3.05) is 6.54 Å². The van der Waals surface area contributed by atoms with Crippen LogP contribution in [0.25, 0.3) is 0 Å². The van der Waals surface area contributed by atoms with Crippen LogP contribution in [0.15, 0.2) is 0 Å². The van der Waals surface area contributed by atoms with Crippen molar-refractivity contribution in [3.05, 3.63) is 0 Å². The molecule has 2 saturated carbocycles. The number of hydrogen-bond acceptors (Lipinski definition) is 1. The van der Waals surface area contributed by atoms with Crippen molar-refractivity contribution in [2.24, 2.45) is 11.8 Å². The normalized spacial score (nSPS) is 22.4. The first-order chi connectivity index (χ1) is 7.68. The lowest BCUT2D eigenvalue weighted by Crippen LogP contribution is -2.40. The predicted molar refractivity (Wildman–Crippen MR) is 66.1 cm³/mol. The van der Waals surface area contributed by atoms with Gasteiger partial charge < -0.3 is 4.90 Å². The van der Waals surface area contributed by atoms with Gasteiger partial charge in [0.25, 0.3) is 0 Å². The van der Waals surface area contributed by atoms with Crippen molar-refractivity contribution in [1.82, 2.24) is 4.90 Å². The molecule has 2 aliphatic rings. The van der Waals surface area contributed by atoms with E-state index in [0.717, 1.165) is 19.4 Å². The Bertz CT molecular complexity index is 239. The summed E-state index contributed by atoms with van der Waals surface area (Å²) in [6, 6.07) is 0.594. The lowest BCUT2D eigenvalue weighted by Gasteiger charge is -2.30.